The van der Waals surface area contributed by atoms with Gasteiger partial charge in [0.1, 0.15) is 0 Å². The maximum absolute atomic E-state index is 11.4. The molecule has 1 unspecified atom stereocenters. The SMILES string of the molecule is CCN(CC)CCCC(C=C(C)CCC=C(C)C)C(C(=O)O)C(=O)O. The first kappa shape index (κ1) is 23.4. The number of nitrogens with zero attached hydrogens (tertiary/aromatic N) is 1. The summed E-state index contributed by atoms with van der Waals surface area (Å²) >= 11 is 0. The fraction of sp³-hybridized carbons (Fsp3) is 0.700. The van der Waals surface area contributed by atoms with E-state index < -0.39 is 23.8 Å². The van der Waals surface area contributed by atoms with Crippen LogP contribution in [0.4, 0.5) is 0 Å². The van der Waals surface area contributed by atoms with Crippen LogP contribution in [0.2, 0.25) is 0 Å². The Morgan fingerprint density at radius 2 is 1.60 bits per heavy atom. The number of hydrogen-bond acceptors (Lipinski definition) is 3. The minimum atomic E-state index is -1.38. The highest BCUT2D eigenvalue weighted by atomic mass is 16.4. The van der Waals surface area contributed by atoms with Crippen molar-refractivity contribution >= 4 is 11.9 Å². The van der Waals surface area contributed by atoms with Crippen LogP contribution in [-0.4, -0.2) is 46.7 Å². The van der Waals surface area contributed by atoms with Gasteiger partial charge in [-0.05, 0) is 66.1 Å². The van der Waals surface area contributed by atoms with Gasteiger partial charge in [0.2, 0.25) is 0 Å². The van der Waals surface area contributed by atoms with E-state index in [1.54, 1.807) is 0 Å². The zero-order valence-corrected chi connectivity index (χ0v) is 16.4. The minimum absolute atomic E-state index is 0.475. The molecule has 0 saturated carbocycles. The van der Waals surface area contributed by atoms with Crippen LogP contribution < -0.4 is 0 Å². The molecule has 0 aromatic heterocycles. The smallest absolute Gasteiger partial charge is 0.318 e. The lowest BCUT2D eigenvalue weighted by Crippen LogP contribution is -2.31. The number of rotatable bonds is 13. The lowest BCUT2D eigenvalue weighted by molar-refractivity contribution is -0.156. The van der Waals surface area contributed by atoms with Gasteiger partial charge in [-0.15, -0.1) is 0 Å². The van der Waals surface area contributed by atoms with Crippen molar-refractivity contribution in [2.45, 2.75) is 60.3 Å². The van der Waals surface area contributed by atoms with Gasteiger partial charge < -0.3 is 15.1 Å². The Morgan fingerprint density at radius 1 is 1.04 bits per heavy atom. The summed E-state index contributed by atoms with van der Waals surface area (Å²) in [5.74, 6) is -4.37. The fourth-order valence-electron chi connectivity index (χ4n) is 2.95. The third-order valence-corrected chi connectivity index (χ3v) is 4.46. The highest BCUT2D eigenvalue weighted by molar-refractivity contribution is 5.93. The summed E-state index contributed by atoms with van der Waals surface area (Å²) in [7, 11) is 0. The van der Waals surface area contributed by atoms with Gasteiger partial charge in [-0.3, -0.25) is 9.59 Å². The zero-order valence-electron chi connectivity index (χ0n) is 16.4. The molecule has 0 heterocycles. The van der Waals surface area contributed by atoms with E-state index in [1.807, 2.05) is 26.8 Å². The number of carboxylic acids is 2. The molecule has 5 nitrogen and oxygen atoms in total. The van der Waals surface area contributed by atoms with Gasteiger partial charge in [-0.2, -0.15) is 0 Å². The van der Waals surface area contributed by atoms with Crippen molar-refractivity contribution in [1.29, 1.82) is 0 Å². The normalized spacial score (nSPS) is 13.2. The maximum atomic E-state index is 11.4. The Balaban J connectivity index is 5.08. The molecule has 0 aromatic carbocycles. The van der Waals surface area contributed by atoms with Crippen molar-refractivity contribution in [1.82, 2.24) is 4.90 Å². The summed E-state index contributed by atoms with van der Waals surface area (Å²) in [6.07, 6.45) is 7.08. The van der Waals surface area contributed by atoms with Crippen LogP contribution in [0.3, 0.4) is 0 Å². The van der Waals surface area contributed by atoms with Gasteiger partial charge >= 0.3 is 11.9 Å². The Bertz CT molecular complexity index is 460. The van der Waals surface area contributed by atoms with Crippen molar-refractivity contribution in [3.05, 3.63) is 23.3 Å². The molecule has 0 aliphatic carbocycles. The van der Waals surface area contributed by atoms with Gasteiger partial charge in [0.05, 0.1) is 0 Å². The Kier molecular flexibility index (Phi) is 11.9. The van der Waals surface area contributed by atoms with E-state index in [0.29, 0.717) is 6.42 Å². The maximum Gasteiger partial charge on any atom is 0.318 e. The largest absolute Gasteiger partial charge is 0.481 e. The molecule has 5 heteroatoms. The van der Waals surface area contributed by atoms with E-state index in [1.165, 1.54) is 5.57 Å². The van der Waals surface area contributed by atoms with Crippen LogP contribution in [-0.2, 0) is 9.59 Å². The summed E-state index contributed by atoms with van der Waals surface area (Å²) in [4.78, 5) is 25.2. The highest BCUT2D eigenvalue weighted by Crippen LogP contribution is 2.24. The molecule has 1 atom stereocenters. The quantitative estimate of drug-likeness (QED) is 0.383. The molecule has 0 aliphatic rings. The van der Waals surface area contributed by atoms with Gasteiger partial charge in [0, 0.05) is 5.92 Å². The standard InChI is InChI=1S/C20H35NO4/c1-6-21(7-2)13-9-12-17(18(19(22)23)20(24)25)14-16(5)11-8-10-15(3)4/h10,14,17-18H,6-9,11-13H2,1-5H3,(H,22,23)(H,24,25). The number of allylic oxidation sites excluding steroid dienone is 4. The topological polar surface area (TPSA) is 77.8 Å². The predicted octanol–water partition coefficient (Wildman–Crippen LogP) is 4.20. The number of carboxylic acid groups (broad SMARTS) is 2. The molecular weight excluding hydrogens is 318 g/mol. The van der Waals surface area contributed by atoms with Crippen LogP contribution in [0.1, 0.15) is 60.3 Å². The fourth-order valence-corrected chi connectivity index (χ4v) is 2.95. The first-order valence-corrected chi connectivity index (χ1v) is 9.21. The van der Waals surface area contributed by atoms with Gasteiger partial charge in [-0.1, -0.05) is 37.1 Å². The molecule has 0 rings (SSSR count). The van der Waals surface area contributed by atoms with Crippen LogP contribution >= 0.6 is 0 Å². The lowest BCUT2D eigenvalue weighted by Gasteiger charge is -2.22. The van der Waals surface area contributed by atoms with Crippen molar-refractivity contribution in [3.8, 4) is 0 Å². The van der Waals surface area contributed by atoms with Gasteiger partial charge in [0.15, 0.2) is 5.92 Å². The summed E-state index contributed by atoms with van der Waals surface area (Å²) in [5.41, 5.74) is 2.30. The third kappa shape index (κ3) is 10.1. The van der Waals surface area contributed by atoms with E-state index >= 15 is 0 Å². The van der Waals surface area contributed by atoms with Gasteiger partial charge in [0.25, 0.3) is 0 Å². The molecule has 0 amide bonds. The Morgan fingerprint density at radius 3 is 2.04 bits per heavy atom. The first-order chi connectivity index (χ1) is 11.7. The van der Waals surface area contributed by atoms with Crippen LogP contribution in [0.5, 0.6) is 0 Å². The van der Waals surface area contributed by atoms with E-state index in [-0.39, 0.29) is 0 Å². The predicted molar refractivity (Wildman–Crippen MR) is 102 cm³/mol. The van der Waals surface area contributed by atoms with E-state index in [4.69, 9.17) is 0 Å². The summed E-state index contributed by atoms with van der Waals surface area (Å²) < 4.78 is 0. The molecule has 0 saturated heterocycles. The second-order valence-corrected chi connectivity index (χ2v) is 6.82. The van der Waals surface area contributed by atoms with Crippen LogP contribution in [0.15, 0.2) is 23.3 Å². The molecule has 0 bridgehead atoms. The van der Waals surface area contributed by atoms with Crippen molar-refractivity contribution in [2.75, 3.05) is 19.6 Å². The minimum Gasteiger partial charge on any atom is -0.481 e. The number of aliphatic carboxylic acids is 2. The third-order valence-electron chi connectivity index (χ3n) is 4.46. The lowest BCUT2D eigenvalue weighted by atomic mass is 9.86. The van der Waals surface area contributed by atoms with E-state index in [0.717, 1.165) is 44.5 Å². The molecule has 25 heavy (non-hydrogen) atoms. The van der Waals surface area contributed by atoms with E-state index in [9.17, 15) is 19.8 Å². The highest BCUT2D eigenvalue weighted by Gasteiger charge is 2.33. The summed E-state index contributed by atoms with van der Waals surface area (Å²) in [6.45, 7) is 13.0. The monoisotopic (exact) mass is 353 g/mol. The number of hydrogen-bond donors (Lipinski definition) is 2. The van der Waals surface area contributed by atoms with Crippen LogP contribution in [0.25, 0.3) is 0 Å². The van der Waals surface area contributed by atoms with Gasteiger partial charge in [-0.25, -0.2) is 0 Å². The molecule has 0 fully saturated rings. The molecule has 2 N–H and O–H groups in total. The summed E-state index contributed by atoms with van der Waals surface area (Å²) in [5, 5.41) is 18.7. The molecule has 0 aromatic rings. The average Bonchev–Trinajstić information content (AvgIpc) is 2.50. The average molecular weight is 354 g/mol. The van der Waals surface area contributed by atoms with Crippen LogP contribution in [0, 0.1) is 11.8 Å². The molecule has 0 radical (unpaired) electrons. The summed E-state index contributed by atoms with van der Waals surface area (Å²) in [6, 6.07) is 0. The zero-order chi connectivity index (χ0) is 19.4. The molecule has 144 valence electrons. The second kappa shape index (κ2) is 12.7. The second-order valence-electron chi connectivity index (χ2n) is 6.82. The molecule has 0 aliphatic heterocycles. The molecular formula is C20H35NO4. The Hall–Kier alpha value is -1.62. The number of carbonyl (C=O) groups is 2. The molecule has 0 spiro atoms. The first-order valence-electron chi connectivity index (χ1n) is 9.21. The Labute approximate surface area is 152 Å². The van der Waals surface area contributed by atoms with Crippen molar-refractivity contribution < 1.29 is 19.8 Å². The van der Waals surface area contributed by atoms with Crippen molar-refractivity contribution in [2.24, 2.45) is 11.8 Å². The van der Waals surface area contributed by atoms with E-state index in [2.05, 4.69) is 24.8 Å². The van der Waals surface area contributed by atoms with Crippen molar-refractivity contribution in [3.63, 3.8) is 0 Å².